The van der Waals surface area contributed by atoms with E-state index >= 15 is 0 Å². The molecule has 1 aliphatic carbocycles. The molecule has 1 saturated carbocycles. The summed E-state index contributed by atoms with van der Waals surface area (Å²) in [5.74, 6) is -1.43. The predicted octanol–water partition coefficient (Wildman–Crippen LogP) is 4.83. The molecule has 0 saturated heterocycles. The summed E-state index contributed by atoms with van der Waals surface area (Å²) >= 11 is 0. The molecule has 6 nitrogen and oxygen atoms in total. The van der Waals surface area contributed by atoms with E-state index in [0.717, 1.165) is 6.54 Å². The van der Waals surface area contributed by atoms with Crippen LogP contribution in [-0.2, 0) is 6.18 Å². The lowest BCUT2D eigenvalue weighted by Crippen LogP contribution is -2.18. The third-order valence-corrected chi connectivity index (χ3v) is 4.41. The fourth-order valence-electron chi connectivity index (χ4n) is 2.70. The molecule has 2 aromatic heterocycles. The number of anilines is 2. The van der Waals surface area contributed by atoms with E-state index in [-0.39, 0.29) is 11.6 Å². The van der Waals surface area contributed by atoms with Gasteiger partial charge in [-0.05, 0) is 43.0 Å². The third-order valence-electron chi connectivity index (χ3n) is 4.41. The first kappa shape index (κ1) is 19.0. The predicted molar refractivity (Wildman–Crippen MR) is 100 cm³/mol. The number of alkyl halides is 3. The van der Waals surface area contributed by atoms with E-state index in [1.807, 2.05) is 0 Å². The second-order valence-electron chi connectivity index (χ2n) is 6.77. The Kier molecular flexibility index (Phi) is 4.96. The molecule has 1 aromatic carbocycles. The number of halogens is 3. The fraction of sp³-hybridized carbons (Fsp3) is 0.250. The number of carbonyl (C=O) groups is 1. The molecule has 1 fully saturated rings. The second kappa shape index (κ2) is 7.57. The molecule has 1 aliphatic rings. The van der Waals surface area contributed by atoms with Crippen LogP contribution in [0.1, 0.15) is 29.1 Å². The molecule has 2 N–H and O–H groups in total. The minimum Gasteiger partial charge on any atom is -0.431 e. The van der Waals surface area contributed by atoms with E-state index in [2.05, 4.69) is 20.6 Å². The minimum absolute atomic E-state index is 0.254. The Labute approximate surface area is 164 Å². The van der Waals surface area contributed by atoms with Crippen molar-refractivity contribution in [3.05, 3.63) is 60.1 Å². The van der Waals surface area contributed by atoms with Crippen LogP contribution >= 0.6 is 0 Å². The summed E-state index contributed by atoms with van der Waals surface area (Å²) in [6, 6.07) is 11.3. The zero-order chi connectivity index (χ0) is 20.4. The number of nitrogens with zero attached hydrogens (tertiary/aromatic N) is 2. The van der Waals surface area contributed by atoms with Crippen molar-refractivity contribution in [2.24, 2.45) is 5.92 Å². The zero-order valence-electron chi connectivity index (χ0n) is 15.2. The number of pyridine rings is 1. The van der Waals surface area contributed by atoms with Crippen LogP contribution in [0.4, 0.5) is 24.7 Å². The molecule has 2 heterocycles. The number of oxazole rings is 1. The van der Waals surface area contributed by atoms with Crippen LogP contribution in [0.3, 0.4) is 0 Å². The number of carbonyl (C=O) groups excluding carboxylic acids is 1. The molecular formula is C20H17F3N4O2. The van der Waals surface area contributed by atoms with E-state index in [9.17, 15) is 18.0 Å². The van der Waals surface area contributed by atoms with E-state index in [1.165, 1.54) is 19.0 Å². The fourth-order valence-corrected chi connectivity index (χ4v) is 2.70. The quantitative estimate of drug-likeness (QED) is 0.617. The van der Waals surface area contributed by atoms with Gasteiger partial charge < -0.3 is 15.1 Å². The SMILES string of the molecule is O=C(Nc1ccc(NCC2CC2)nc1)c1nc(-c2ccccc2)oc1C(F)(F)F. The second-order valence-corrected chi connectivity index (χ2v) is 6.77. The van der Waals surface area contributed by atoms with Gasteiger partial charge in [0.2, 0.25) is 11.7 Å². The average molecular weight is 402 g/mol. The Morgan fingerprint density at radius 2 is 1.90 bits per heavy atom. The molecule has 150 valence electrons. The van der Waals surface area contributed by atoms with Crippen LogP contribution in [0.5, 0.6) is 0 Å². The smallest absolute Gasteiger partial charge is 0.431 e. The summed E-state index contributed by atoms with van der Waals surface area (Å²) in [6.07, 6.45) is -1.09. The monoisotopic (exact) mass is 402 g/mol. The van der Waals surface area contributed by atoms with Gasteiger partial charge in [-0.25, -0.2) is 9.97 Å². The summed E-state index contributed by atoms with van der Waals surface area (Å²) in [5, 5.41) is 5.56. The van der Waals surface area contributed by atoms with Crippen LogP contribution in [0.25, 0.3) is 11.5 Å². The topological polar surface area (TPSA) is 80.0 Å². The van der Waals surface area contributed by atoms with Crippen LogP contribution in [-0.4, -0.2) is 22.4 Å². The molecular weight excluding hydrogens is 385 g/mol. The van der Waals surface area contributed by atoms with E-state index in [0.29, 0.717) is 17.3 Å². The van der Waals surface area contributed by atoms with Gasteiger partial charge in [-0.15, -0.1) is 0 Å². The van der Waals surface area contributed by atoms with Crippen LogP contribution in [0, 0.1) is 5.92 Å². The van der Waals surface area contributed by atoms with Crippen molar-refractivity contribution in [2.75, 3.05) is 17.2 Å². The van der Waals surface area contributed by atoms with Crippen molar-refractivity contribution >= 4 is 17.4 Å². The number of nitrogens with one attached hydrogen (secondary N) is 2. The Bertz CT molecular complexity index is 997. The van der Waals surface area contributed by atoms with Crippen molar-refractivity contribution in [3.63, 3.8) is 0 Å². The summed E-state index contributed by atoms with van der Waals surface area (Å²) in [5.41, 5.74) is -0.235. The van der Waals surface area contributed by atoms with Gasteiger partial charge in [0.15, 0.2) is 5.69 Å². The van der Waals surface area contributed by atoms with Crippen molar-refractivity contribution in [3.8, 4) is 11.5 Å². The first-order chi connectivity index (χ1) is 13.9. The zero-order valence-corrected chi connectivity index (χ0v) is 15.2. The highest BCUT2D eigenvalue weighted by Crippen LogP contribution is 2.35. The van der Waals surface area contributed by atoms with E-state index in [1.54, 1.807) is 42.5 Å². The third kappa shape index (κ3) is 4.56. The maximum absolute atomic E-state index is 13.4. The number of benzene rings is 1. The van der Waals surface area contributed by atoms with Gasteiger partial charge in [0, 0.05) is 12.1 Å². The van der Waals surface area contributed by atoms with Gasteiger partial charge >= 0.3 is 6.18 Å². The van der Waals surface area contributed by atoms with Gasteiger partial charge in [-0.3, -0.25) is 4.79 Å². The number of amides is 1. The number of aromatic nitrogens is 2. The van der Waals surface area contributed by atoms with Gasteiger partial charge in [-0.2, -0.15) is 13.2 Å². The largest absolute Gasteiger partial charge is 0.452 e. The van der Waals surface area contributed by atoms with Gasteiger partial charge in [0.05, 0.1) is 11.9 Å². The highest BCUT2D eigenvalue weighted by molar-refractivity contribution is 6.04. The Balaban J connectivity index is 1.53. The van der Waals surface area contributed by atoms with Crippen molar-refractivity contribution < 1.29 is 22.4 Å². The average Bonchev–Trinajstić information content (AvgIpc) is 3.42. The lowest BCUT2D eigenvalue weighted by Gasteiger charge is -2.08. The standard InChI is InChI=1S/C20H17F3N4O2/c21-20(22,23)17-16(27-19(29-17)13-4-2-1-3-5-13)18(28)26-14-8-9-15(25-11-14)24-10-12-6-7-12/h1-5,8-9,11-12H,6-7,10H2,(H,24,25)(H,26,28). The highest BCUT2D eigenvalue weighted by atomic mass is 19.4. The molecule has 0 unspecified atom stereocenters. The Hall–Kier alpha value is -3.36. The first-order valence-electron chi connectivity index (χ1n) is 9.05. The van der Waals surface area contributed by atoms with Crippen molar-refractivity contribution in [1.82, 2.24) is 9.97 Å². The van der Waals surface area contributed by atoms with E-state index in [4.69, 9.17) is 4.42 Å². The number of hydrogen-bond acceptors (Lipinski definition) is 5. The lowest BCUT2D eigenvalue weighted by molar-refractivity contribution is -0.153. The van der Waals surface area contributed by atoms with Crippen LogP contribution in [0.2, 0.25) is 0 Å². The summed E-state index contributed by atoms with van der Waals surface area (Å²) in [4.78, 5) is 20.4. The molecule has 0 spiro atoms. The molecule has 3 aromatic rings. The molecule has 1 amide bonds. The summed E-state index contributed by atoms with van der Waals surface area (Å²) in [6.45, 7) is 0.828. The molecule has 29 heavy (non-hydrogen) atoms. The molecule has 9 heteroatoms. The van der Waals surface area contributed by atoms with Crippen LogP contribution < -0.4 is 10.6 Å². The lowest BCUT2D eigenvalue weighted by atomic mass is 10.2. The Morgan fingerprint density at radius 3 is 2.52 bits per heavy atom. The first-order valence-corrected chi connectivity index (χ1v) is 9.05. The van der Waals surface area contributed by atoms with Gasteiger partial charge in [-0.1, -0.05) is 18.2 Å². The molecule has 4 rings (SSSR count). The Morgan fingerprint density at radius 1 is 1.14 bits per heavy atom. The molecule has 0 radical (unpaired) electrons. The summed E-state index contributed by atoms with van der Waals surface area (Å²) in [7, 11) is 0. The van der Waals surface area contributed by atoms with E-state index < -0.39 is 23.5 Å². The molecule has 0 bridgehead atoms. The maximum atomic E-state index is 13.4. The van der Waals surface area contributed by atoms with Crippen molar-refractivity contribution in [1.29, 1.82) is 0 Å². The minimum atomic E-state index is -4.86. The summed E-state index contributed by atoms with van der Waals surface area (Å²) < 4.78 is 44.9. The van der Waals surface area contributed by atoms with Crippen LogP contribution in [0.15, 0.2) is 53.1 Å². The van der Waals surface area contributed by atoms with Crippen molar-refractivity contribution in [2.45, 2.75) is 19.0 Å². The van der Waals surface area contributed by atoms with Gasteiger partial charge in [0.25, 0.3) is 5.91 Å². The number of rotatable bonds is 6. The highest BCUT2D eigenvalue weighted by Gasteiger charge is 2.42. The molecule has 0 atom stereocenters. The maximum Gasteiger partial charge on any atom is 0.452 e. The normalized spacial score (nSPS) is 13.9. The van der Waals surface area contributed by atoms with Gasteiger partial charge in [0.1, 0.15) is 5.82 Å². The molecule has 0 aliphatic heterocycles. The number of hydrogen-bond donors (Lipinski definition) is 2.